The lowest BCUT2D eigenvalue weighted by Gasteiger charge is -2.13. The van der Waals surface area contributed by atoms with Crippen LogP contribution in [0.3, 0.4) is 0 Å². The van der Waals surface area contributed by atoms with Crippen molar-refractivity contribution in [3.05, 3.63) is 94.8 Å². The number of hydrogen-bond donors (Lipinski definition) is 2. The highest BCUT2D eigenvalue weighted by Crippen LogP contribution is 2.12. The number of aromatic nitrogens is 1. The Labute approximate surface area is 169 Å². The molecule has 0 saturated heterocycles. The molecule has 1 aromatic heterocycles. The van der Waals surface area contributed by atoms with E-state index in [0.29, 0.717) is 23.1 Å². The second-order valence-electron chi connectivity index (χ2n) is 6.13. The van der Waals surface area contributed by atoms with Crippen LogP contribution in [-0.2, 0) is 13.0 Å². The highest BCUT2D eigenvalue weighted by molar-refractivity contribution is 6.30. The molecule has 28 heavy (non-hydrogen) atoms. The number of aliphatic imine (C=N–C) groups is 1. The van der Waals surface area contributed by atoms with Gasteiger partial charge in [0.1, 0.15) is 0 Å². The molecule has 2 aromatic carbocycles. The van der Waals surface area contributed by atoms with E-state index in [-0.39, 0.29) is 5.91 Å². The number of halogens is 1. The van der Waals surface area contributed by atoms with Crippen molar-refractivity contribution < 1.29 is 4.79 Å². The molecular weight excluding hydrogens is 372 g/mol. The maximum Gasteiger partial charge on any atom is 0.257 e. The van der Waals surface area contributed by atoms with Gasteiger partial charge in [-0.05, 0) is 60.5 Å². The molecule has 0 radical (unpaired) electrons. The quantitative estimate of drug-likeness (QED) is 0.488. The van der Waals surface area contributed by atoms with Crippen molar-refractivity contribution in [3.63, 3.8) is 0 Å². The molecule has 0 saturated carbocycles. The monoisotopic (exact) mass is 392 g/mol. The first kappa shape index (κ1) is 19.6. The molecule has 6 heteroatoms. The van der Waals surface area contributed by atoms with Crippen LogP contribution in [0.5, 0.6) is 0 Å². The number of anilines is 1. The first-order valence-electron chi connectivity index (χ1n) is 9.01. The van der Waals surface area contributed by atoms with E-state index in [1.54, 1.807) is 30.5 Å². The molecule has 2 N–H and O–H groups in total. The van der Waals surface area contributed by atoms with Gasteiger partial charge in [-0.25, -0.2) is 4.99 Å². The zero-order chi connectivity index (χ0) is 19.8. The van der Waals surface area contributed by atoms with Crippen LogP contribution in [0.15, 0.2) is 77.9 Å². The van der Waals surface area contributed by atoms with E-state index < -0.39 is 0 Å². The number of nitrogens with zero attached hydrogens (tertiary/aromatic N) is 2. The minimum atomic E-state index is -0.268. The normalized spacial score (nSPS) is 11.1. The maximum absolute atomic E-state index is 12.6. The molecule has 0 unspecified atom stereocenters. The first-order valence-corrected chi connectivity index (χ1v) is 9.39. The third-order valence-corrected chi connectivity index (χ3v) is 4.31. The Morgan fingerprint density at radius 2 is 1.89 bits per heavy atom. The summed E-state index contributed by atoms with van der Waals surface area (Å²) in [6.45, 7) is 2.44. The minimum absolute atomic E-state index is 0.268. The van der Waals surface area contributed by atoms with Crippen molar-refractivity contribution in [2.45, 2.75) is 19.9 Å². The zero-order valence-corrected chi connectivity index (χ0v) is 16.3. The summed E-state index contributed by atoms with van der Waals surface area (Å²) in [7, 11) is 0. The lowest BCUT2D eigenvalue weighted by molar-refractivity contribution is 0.0977. The average Bonchev–Trinajstić information content (AvgIpc) is 2.73. The van der Waals surface area contributed by atoms with Crippen LogP contribution in [0.2, 0.25) is 5.02 Å². The number of nitrogens with one attached hydrogen (secondary N) is 2. The van der Waals surface area contributed by atoms with Gasteiger partial charge in [-0.1, -0.05) is 36.7 Å². The number of guanidine groups is 1. The fourth-order valence-corrected chi connectivity index (χ4v) is 2.67. The van der Waals surface area contributed by atoms with Crippen LogP contribution in [-0.4, -0.2) is 16.9 Å². The van der Waals surface area contributed by atoms with Crippen LogP contribution in [0.25, 0.3) is 0 Å². The molecule has 0 spiro atoms. The van der Waals surface area contributed by atoms with Crippen LogP contribution in [0.4, 0.5) is 5.69 Å². The number of carbonyl (C=O) groups excluding carboxylic acids is 1. The number of amides is 1. The Morgan fingerprint density at radius 3 is 2.61 bits per heavy atom. The average molecular weight is 393 g/mol. The third-order valence-electron chi connectivity index (χ3n) is 4.06. The second-order valence-corrected chi connectivity index (χ2v) is 6.56. The summed E-state index contributed by atoms with van der Waals surface area (Å²) in [5.41, 5.74) is 3.36. The summed E-state index contributed by atoms with van der Waals surface area (Å²) in [5.74, 6) is 0.0921. The van der Waals surface area contributed by atoms with Gasteiger partial charge >= 0.3 is 0 Å². The van der Waals surface area contributed by atoms with Crippen molar-refractivity contribution in [2.24, 2.45) is 4.99 Å². The summed E-state index contributed by atoms with van der Waals surface area (Å²) in [4.78, 5) is 21.4. The van der Waals surface area contributed by atoms with E-state index in [1.165, 1.54) is 5.56 Å². The molecule has 1 amide bonds. The number of aryl methyl sites for hydroxylation is 1. The van der Waals surface area contributed by atoms with Gasteiger partial charge in [-0.2, -0.15) is 0 Å². The van der Waals surface area contributed by atoms with Crippen LogP contribution < -0.4 is 10.6 Å². The van der Waals surface area contributed by atoms with Gasteiger partial charge in [0, 0.05) is 22.5 Å². The van der Waals surface area contributed by atoms with Crippen molar-refractivity contribution in [1.29, 1.82) is 0 Å². The largest absolute Gasteiger partial charge is 0.326 e. The number of benzene rings is 2. The van der Waals surface area contributed by atoms with E-state index in [1.807, 2.05) is 36.4 Å². The van der Waals surface area contributed by atoms with Crippen LogP contribution in [0.1, 0.15) is 28.5 Å². The zero-order valence-electron chi connectivity index (χ0n) is 15.5. The third kappa shape index (κ3) is 5.66. The van der Waals surface area contributed by atoms with Crippen LogP contribution in [0, 0.1) is 0 Å². The Hall–Kier alpha value is -3.18. The van der Waals surface area contributed by atoms with Gasteiger partial charge < -0.3 is 5.32 Å². The van der Waals surface area contributed by atoms with Crippen LogP contribution >= 0.6 is 11.6 Å². The van der Waals surface area contributed by atoms with Crippen molar-refractivity contribution in [3.8, 4) is 0 Å². The van der Waals surface area contributed by atoms with Crippen molar-refractivity contribution in [2.75, 3.05) is 5.32 Å². The Bertz CT molecular complexity index is 956. The fraction of sp³-hybridized carbons (Fsp3) is 0.136. The molecule has 0 aliphatic carbocycles. The SMILES string of the molecule is CCc1cccc(NC(=NCc2ccccn2)NC(=O)c2ccc(Cl)cc2)c1. The summed E-state index contributed by atoms with van der Waals surface area (Å²) in [6.07, 6.45) is 2.64. The first-order chi connectivity index (χ1) is 13.6. The summed E-state index contributed by atoms with van der Waals surface area (Å²) in [6, 6.07) is 20.3. The van der Waals surface area contributed by atoms with Gasteiger partial charge in [0.15, 0.2) is 0 Å². The van der Waals surface area contributed by atoms with Crippen molar-refractivity contribution in [1.82, 2.24) is 10.3 Å². The van der Waals surface area contributed by atoms with Gasteiger partial charge in [0.25, 0.3) is 5.91 Å². The number of carbonyl (C=O) groups is 1. The van der Waals surface area contributed by atoms with Gasteiger partial charge in [0.2, 0.25) is 5.96 Å². The van der Waals surface area contributed by atoms with E-state index in [4.69, 9.17) is 11.6 Å². The Kier molecular flexibility index (Phi) is 6.76. The topological polar surface area (TPSA) is 66.4 Å². The lowest BCUT2D eigenvalue weighted by Crippen LogP contribution is -2.36. The smallest absolute Gasteiger partial charge is 0.257 e. The predicted octanol–water partition coefficient (Wildman–Crippen LogP) is 4.70. The summed E-state index contributed by atoms with van der Waals surface area (Å²) in [5, 5.41) is 6.62. The molecule has 0 aliphatic heterocycles. The Balaban J connectivity index is 1.80. The number of hydrogen-bond acceptors (Lipinski definition) is 3. The van der Waals surface area contributed by atoms with E-state index >= 15 is 0 Å². The second kappa shape index (κ2) is 9.67. The minimum Gasteiger partial charge on any atom is -0.326 e. The lowest BCUT2D eigenvalue weighted by atomic mass is 10.1. The van der Waals surface area contributed by atoms with E-state index in [9.17, 15) is 4.79 Å². The maximum atomic E-state index is 12.6. The predicted molar refractivity (Wildman–Crippen MR) is 114 cm³/mol. The molecule has 142 valence electrons. The molecule has 3 rings (SSSR count). The molecule has 0 atom stereocenters. The molecule has 0 fully saturated rings. The highest BCUT2D eigenvalue weighted by Gasteiger charge is 2.10. The van der Waals surface area contributed by atoms with Crippen molar-refractivity contribution >= 4 is 29.2 Å². The van der Waals surface area contributed by atoms with Gasteiger partial charge in [-0.3, -0.25) is 15.1 Å². The number of rotatable bonds is 5. The molecule has 3 aromatic rings. The molecule has 5 nitrogen and oxygen atoms in total. The molecule has 0 bridgehead atoms. The summed E-state index contributed by atoms with van der Waals surface area (Å²) < 4.78 is 0. The Morgan fingerprint density at radius 1 is 1.07 bits per heavy atom. The highest BCUT2D eigenvalue weighted by atomic mass is 35.5. The van der Waals surface area contributed by atoms with E-state index in [0.717, 1.165) is 17.8 Å². The van der Waals surface area contributed by atoms with E-state index in [2.05, 4.69) is 33.6 Å². The van der Waals surface area contributed by atoms with Gasteiger partial charge in [-0.15, -0.1) is 0 Å². The van der Waals surface area contributed by atoms with Gasteiger partial charge in [0.05, 0.1) is 12.2 Å². The standard InChI is InChI=1S/C22H21ClN4O/c1-2-16-6-5-8-19(14-16)26-22(25-15-20-7-3-4-13-24-20)27-21(28)17-9-11-18(23)12-10-17/h3-14H,2,15H2,1H3,(H2,25,26,27,28). The molecule has 0 aliphatic rings. The number of pyridine rings is 1. The molecule has 1 heterocycles. The fourth-order valence-electron chi connectivity index (χ4n) is 2.55. The summed E-state index contributed by atoms with van der Waals surface area (Å²) >= 11 is 5.90. The molecular formula is C22H21ClN4O.